The zero-order chi connectivity index (χ0) is 14.7. The maximum atomic E-state index is 12.9. The summed E-state index contributed by atoms with van der Waals surface area (Å²) in [5.74, 6) is -1.26. The third kappa shape index (κ3) is 3.15. The van der Waals surface area contributed by atoms with Crippen molar-refractivity contribution in [2.75, 3.05) is 27.2 Å². The highest BCUT2D eigenvalue weighted by atomic mass is 19.1. The third-order valence-corrected chi connectivity index (χ3v) is 3.19. The summed E-state index contributed by atoms with van der Waals surface area (Å²) in [6.45, 7) is 1.31. The number of hydrogen-bond donors (Lipinski definition) is 2. The Labute approximate surface area is 117 Å². The van der Waals surface area contributed by atoms with Gasteiger partial charge in [-0.1, -0.05) is 12.1 Å². The molecule has 5 nitrogen and oxygen atoms in total. The second-order valence-electron chi connectivity index (χ2n) is 4.97. The molecule has 0 saturated carbocycles. The van der Waals surface area contributed by atoms with Gasteiger partial charge in [-0.2, -0.15) is 0 Å². The van der Waals surface area contributed by atoms with Gasteiger partial charge in [-0.25, -0.2) is 9.40 Å². The van der Waals surface area contributed by atoms with Crippen molar-refractivity contribution in [2.24, 2.45) is 0 Å². The molecule has 0 amide bonds. The number of carbonyl (C=O) groups is 1. The number of rotatable bonds is 5. The summed E-state index contributed by atoms with van der Waals surface area (Å²) in [5.41, 5.74) is 4.32. The summed E-state index contributed by atoms with van der Waals surface area (Å²) in [4.78, 5) is 13.5. The van der Waals surface area contributed by atoms with Gasteiger partial charge < -0.3 is 15.4 Å². The summed E-state index contributed by atoms with van der Waals surface area (Å²) in [6, 6.07) is 5.08. The molecule has 0 fully saturated rings. The molecule has 0 aliphatic carbocycles. The van der Waals surface area contributed by atoms with Gasteiger partial charge in [0.05, 0.1) is 0 Å². The fourth-order valence-corrected chi connectivity index (χ4v) is 2.13. The maximum absolute atomic E-state index is 12.9. The van der Waals surface area contributed by atoms with E-state index in [1.165, 1.54) is 12.1 Å². The Hall–Kier alpha value is -1.92. The van der Waals surface area contributed by atoms with Crippen molar-refractivity contribution in [3.8, 4) is 0 Å². The average Bonchev–Trinajstić information content (AvgIpc) is 2.81. The van der Waals surface area contributed by atoms with Crippen LogP contribution in [0.4, 0.5) is 4.39 Å². The van der Waals surface area contributed by atoms with Crippen LogP contribution in [0.1, 0.15) is 5.56 Å². The minimum Gasteiger partial charge on any atom is -0.480 e. The average molecular weight is 279 g/mol. The van der Waals surface area contributed by atoms with Crippen molar-refractivity contribution in [3.63, 3.8) is 0 Å². The van der Waals surface area contributed by atoms with Crippen molar-refractivity contribution in [2.45, 2.75) is 6.04 Å². The number of aliphatic carboxylic acids is 1. The molecular weight excluding hydrogens is 261 g/mol. The van der Waals surface area contributed by atoms with E-state index in [1.807, 2.05) is 19.0 Å². The Morgan fingerprint density at radius 3 is 2.60 bits per heavy atom. The number of benzene rings is 1. The van der Waals surface area contributed by atoms with Gasteiger partial charge in [0.15, 0.2) is 6.04 Å². The molecule has 0 bridgehead atoms. The van der Waals surface area contributed by atoms with Gasteiger partial charge in [-0.3, -0.25) is 4.79 Å². The van der Waals surface area contributed by atoms with Crippen LogP contribution in [0.15, 0.2) is 30.5 Å². The second-order valence-corrected chi connectivity index (χ2v) is 4.97. The molecular formula is C14H18FN3O2. The van der Waals surface area contributed by atoms with E-state index < -0.39 is 12.0 Å². The normalized spacial score (nSPS) is 19.0. The lowest BCUT2D eigenvalue weighted by Gasteiger charge is -2.24. The lowest BCUT2D eigenvalue weighted by atomic mass is 10.00. The van der Waals surface area contributed by atoms with Crippen LogP contribution in [0.25, 0.3) is 5.57 Å². The van der Waals surface area contributed by atoms with E-state index >= 15 is 0 Å². The number of carboxylic acid groups (broad SMARTS) is 1. The molecule has 1 heterocycles. The highest BCUT2D eigenvalue weighted by Crippen LogP contribution is 2.25. The van der Waals surface area contributed by atoms with E-state index in [4.69, 9.17) is 0 Å². The highest BCUT2D eigenvalue weighted by molar-refractivity contribution is 5.92. The molecule has 1 aromatic carbocycles. The first-order valence-corrected chi connectivity index (χ1v) is 6.35. The topological polar surface area (TPSA) is 55.8 Å². The smallest absolute Gasteiger partial charge is 0.327 e. The Bertz CT molecular complexity index is 514. The molecule has 1 aliphatic rings. The summed E-state index contributed by atoms with van der Waals surface area (Å²) < 4.78 is 12.9. The number of hydrogen-bond acceptors (Lipinski definition) is 4. The zero-order valence-corrected chi connectivity index (χ0v) is 11.5. The first-order valence-electron chi connectivity index (χ1n) is 6.35. The number of likely N-dealkylation sites (N-methyl/N-ethyl adjacent to an activating group) is 1. The number of nitrogens with zero attached hydrogens (tertiary/aromatic N) is 2. The Balaban J connectivity index is 2.17. The lowest BCUT2D eigenvalue weighted by molar-refractivity contribution is -0.141. The summed E-state index contributed by atoms with van der Waals surface area (Å²) in [7, 11) is 3.86. The van der Waals surface area contributed by atoms with Crippen molar-refractivity contribution in [3.05, 3.63) is 41.8 Å². The molecule has 2 N–H and O–H groups in total. The summed E-state index contributed by atoms with van der Waals surface area (Å²) in [6.07, 6.45) is 1.67. The van der Waals surface area contributed by atoms with E-state index in [-0.39, 0.29) is 5.82 Å². The van der Waals surface area contributed by atoms with Crippen LogP contribution >= 0.6 is 0 Å². The number of nitrogens with one attached hydrogen (secondary N) is 1. The molecule has 20 heavy (non-hydrogen) atoms. The maximum Gasteiger partial charge on any atom is 0.327 e. The van der Waals surface area contributed by atoms with Crippen molar-refractivity contribution < 1.29 is 14.3 Å². The van der Waals surface area contributed by atoms with Gasteiger partial charge in [0.1, 0.15) is 5.82 Å². The molecule has 1 aromatic rings. The van der Waals surface area contributed by atoms with Gasteiger partial charge in [-0.05, 0) is 31.8 Å². The molecule has 2 rings (SSSR count). The minimum atomic E-state index is -0.927. The van der Waals surface area contributed by atoms with Gasteiger partial charge in [0.2, 0.25) is 0 Å². The first-order chi connectivity index (χ1) is 9.49. The van der Waals surface area contributed by atoms with Gasteiger partial charge in [0, 0.05) is 24.9 Å². The van der Waals surface area contributed by atoms with Crippen molar-refractivity contribution in [1.82, 2.24) is 15.3 Å². The van der Waals surface area contributed by atoms with Gasteiger partial charge in [0.25, 0.3) is 0 Å². The number of carboxylic acids is 1. The first kappa shape index (κ1) is 14.5. The van der Waals surface area contributed by atoms with E-state index in [2.05, 4.69) is 5.43 Å². The Morgan fingerprint density at radius 1 is 1.40 bits per heavy atom. The Kier molecular flexibility index (Phi) is 4.36. The van der Waals surface area contributed by atoms with E-state index in [9.17, 15) is 14.3 Å². The second kappa shape index (κ2) is 6.02. The fraction of sp³-hybridized carbons (Fsp3) is 0.357. The molecule has 1 unspecified atom stereocenters. The molecule has 0 aromatic heterocycles. The van der Waals surface area contributed by atoms with Crippen LogP contribution in [0.3, 0.4) is 0 Å². The van der Waals surface area contributed by atoms with E-state index in [0.29, 0.717) is 17.7 Å². The third-order valence-electron chi connectivity index (χ3n) is 3.19. The Morgan fingerprint density at radius 2 is 2.05 bits per heavy atom. The van der Waals surface area contributed by atoms with Crippen LogP contribution in [-0.4, -0.2) is 54.2 Å². The van der Waals surface area contributed by atoms with Crippen LogP contribution in [0.5, 0.6) is 0 Å². The predicted octanol–water partition coefficient (Wildman–Crippen LogP) is 1.00. The van der Waals surface area contributed by atoms with Crippen LogP contribution in [0, 0.1) is 5.82 Å². The van der Waals surface area contributed by atoms with E-state index in [1.54, 1.807) is 23.3 Å². The fourth-order valence-electron chi connectivity index (χ4n) is 2.13. The van der Waals surface area contributed by atoms with Gasteiger partial charge >= 0.3 is 5.97 Å². The molecule has 0 spiro atoms. The molecule has 0 radical (unpaired) electrons. The largest absolute Gasteiger partial charge is 0.480 e. The lowest BCUT2D eigenvalue weighted by Crippen LogP contribution is -2.46. The molecule has 6 heteroatoms. The van der Waals surface area contributed by atoms with E-state index in [0.717, 1.165) is 6.54 Å². The quantitative estimate of drug-likeness (QED) is 0.842. The van der Waals surface area contributed by atoms with Gasteiger partial charge in [-0.15, -0.1) is 0 Å². The van der Waals surface area contributed by atoms with Crippen molar-refractivity contribution in [1.29, 1.82) is 0 Å². The van der Waals surface area contributed by atoms with Crippen molar-refractivity contribution >= 4 is 11.5 Å². The molecule has 108 valence electrons. The SMILES string of the molecule is CN(C)CCN1NC=C(c2ccc(F)cc2)C1C(=O)O. The van der Waals surface area contributed by atoms with Crippen LogP contribution in [-0.2, 0) is 4.79 Å². The van der Waals surface area contributed by atoms with Crippen LogP contribution in [0.2, 0.25) is 0 Å². The molecule has 1 aliphatic heterocycles. The number of hydrazine groups is 1. The minimum absolute atomic E-state index is 0.336. The number of halogens is 1. The predicted molar refractivity (Wildman–Crippen MR) is 74.2 cm³/mol. The highest BCUT2D eigenvalue weighted by Gasteiger charge is 2.34. The summed E-state index contributed by atoms with van der Waals surface area (Å²) >= 11 is 0. The molecule has 1 atom stereocenters. The standard InChI is InChI=1S/C14H18FN3O2/c1-17(2)7-8-18-13(14(19)20)12(9-16-18)10-3-5-11(15)6-4-10/h3-6,9,13,16H,7-8H2,1-2H3,(H,19,20). The van der Waals surface area contributed by atoms with Crippen LogP contribution < -0.4 is 5.43 Å². The summed E-state index contributed by atoms with van der Waals surface area (Å²) in [5, 5.41) is 11.1. The monoisotopic (exact) mass is 279 g/mol. The molecule has 0 saturated heterocycles. The zero-order valence-electron chi connectivity index (χ0n) is 11.5.